The monoisotopic (exact) mass is 249 g/mol. The van der Waals surface area contributed by atoms with E-state index in [-0.39, 0.29) is 11.5 Å². The Morgan fingerprint density at radius 1 is 1.33 bits per heavy atom. The molecule has 1 aliphatic carbocycles. The first kappa shape index (κ1) is 12.7. The average molecular weight is 249 g/mol. The molecule has 1 fully saturated rings. The predicted octanol–water partition coefficient (Wildman–Crippen LogP) is 2.47. The molecule has 1 amide bonds. The van der Waals surface area contributed by atoms with E-state index in [1.165, 1.54) is 19.1 Å². The summed E-state index contributed by atoms with van der Waals surface area (Å²) in [5.74, 6) is 0.892. The van der Waals surface area contributed by atoms with E-state index in [0.717, 1.165) is 18.6 Å². The fourth-order valence-corrected chi connectivity index (χ4v) is 2.54. The number of alkyl carbamates (subject to hydrolysis) is 1. The first-order valence-corrected chi connectivity index (χ1v) is 6.17. The number of nitrogens with one attached hydrogen (secondary N) is 1. The summed E-state index contributed by atoms with van der Waals surface area (Å²) >= 11 is 0. The Kier molecular flexibility index (Phi) is 3.75. The summed E-state index contributed by atoms with van der Waals surface area (Å²) in [6.07, 6.45) is 2.94. The quantitative estimate of drug-likeness (QED) is 0.891. The summed E-state index contributed by atoms with van der Waals surface area (Å²) in [5, 5.41) is 2.81. The Labute approximate surface area is 107 Å². The van der Waals surface area contributed by atoms with Crippen molar-refractivity contribution in [1.29, 1.82) is 0 Å². The molecule has 0 heterocycles. The van der Waals surface area contributed by atoms with Crippen LogP contribution in [0.2, 0.25) is 0 Å². The molecule has 0 bridgehead atoms. The molecule has 18 heavy (non-hydrogen) atoms. The van der Waals surface area contributed by atoms with Crippen LogP contribution in [0, 0.1) is 0 Å². The van der Waals surface area contributed by atoms with Crippen LogP contribution in [0.1, 0.15) is 24.8 Å². The van der Waals surface area contributed by atoms with Crippen LogP contribution in [-0.2, 0) is 10.2 Å². The number of benzene rings is 1. The first-order valence-electron chi connectivity index (χ1n) is 6.17. The lowest BCUT2D eigenvalue weighted by molar-refractivity contribution is 0.158. The Balaban J connectivity index is 2.18. The molecule has 1 aromatic carbocycles. The molecule has 1 aromatic rings. The maximum atomic E-state index is 11.2. The number of hydrogen-bond acceptors (Lipinski definition) is 3. The molecule has 0 atom stereocenters. The van der Waals surface area contributed by atoms with Crippen molar-refractivity contribution in [2.24, 2.45) is 0 Å². The number of amides is 1. The molecular weight excluding hydrogens is 230 g/mol. The second kappa shape index (κ2) is 5.29. The zero-order valence-corrected chi connectivity index (χ0v) is 10.9. The van der Waals surface area contributed by atoms with Crippen LogP contribution >= 0.6 is 0 Å². The van der Waals surface area contributed by atoms with Crippen molar-refractivity contribution < 1.29 is 14.3 Å². The molecule has 0 aliphatic heterocycles. The lowest BCUT2D eigenvalue weighted by atomic mass is 9.64. The molecule has 4 nitrogen and oxygen atoms in total. The van der Waals surface area contributed by atoms with E-state index in [1.807, 2.05) is 18.2 Å². The van der Waals surface area contributed by atoms with Crippen molar-refractivity contribution in [1.82, 2.24) is 5.32 Å². The Bertz CT molecular complexity index is 427. The van der Waals surface area contributed by atoms with E-state index in [9.17, 15) is 4.79 Å². The van der Waals surface area contributed by atoms with Gasteiger partial charge in [-0.1, -0.05) is 24.6 Å². The third kappa shape index (κ3) is 2.28. The number of methoxy groups -OCH3 is 2. The molecule has 0 saturated heterocycles. The van der Waals surface area contributed by atoms with Gasteiger partial charge in [-0.25, -0.2) is 4.79 Å². The van der Waals surface area contributed by atoms with Crippen LogP contribution in [0.3, 0.4) is 0 Å². The summed E-state index contributed by atoms with van der Waals surface area (Å²) in [6.45, 7) is 0.597. The van der Waals surface area contributed by atoms with Gasteiger partial charge in [-0.2, -0.15) is 0 Å². The zero-order chi connectivity index (χ0) is 13.0. The van der Waals surface area contributed by atoms with Gasteiger partial charge in [-0.3, -0.25) is 0 Å². The van der Waals surface area contributed by atoms with Crippen molar-refractivity contribution in [3.63, 3.8) is 0 Å². The molecule has 0 unspecified atom stereocenters. The molecule has 1 N–H and O–H groups in total. The van der Waals surface area contributed by atoms with Gasteiger partial charge < -0.3 is 14.8 Å². The summed E-state index contributed by atoms with van der Waals surface area (Å²) in [4.78, 5) is 11.2. The van der Waals surface area contributed by atoms with Gasteiger partial charge in [0.1, 0.15) is 5.75 Å². The van der Waals surface area contributed by atoms with Crippen LogP contribution in [0.25, 0.3) is 0 Å². The Hall–Kier alpha value is -1.71. The van der Waals surface area contributed by atoms with E-state index in [4.69, 9.17) is 4.74 Å². The minimum atomic E-state index is -0.379. The topological polar surface area (TPSA) is 47.6 Å². The van der Waals surface area contributed by atoms with E-state index in [2.05, 4.69) is 16.1 Å². The highest BCUT2D eigenvalue weighted by Crippen LogP contribution is 2.46. The standard InChI is InChI=1S/C14H19NO3/c1-17-12-7-4-3-6-11(12)14(8-5-9-14)10-15-13(16)18-2/h3-4,6-7H,5,8-10H2,1-2H3,(H,15,16). The summed E-state index contributed by atoms with van der Waals surface area (Å²) in [5.41, 5.74) is 1.18. The second-order valence-corrected chi connectivity index (χ2v) is 4.68. The molecule has 0 radical (unpaired) electrons. The molecule has 4 heteroatoms. The van der Waals surface area contributed by atoms with Crippen molar-refractivity contribution in [2.75, 3.05) is 20.8 Å². The minimum absolute atomic E-state index is 0.000787. The summed E-state index contributed by atoms with van der Waals surface area (Å²) in [7, 11) is 3.06. The third-order valence-corrected chi connectivity index (χ3v) is 3.75. The Morgan fingerprint density at radius 3 is 2.61 bits per heavy atom. The third-order valence-electron chi connectivity index (χ3n) is 3.75. The molecule has 1 aliphatic rings. The molecule has 0 spiro atoms. The average Bonchev–Trinajstić information content (AvgIpc) is 2.37. The highest BCUT2D eigenvalue weighted by atomic mass is 16.5. The number of rotatable bonds is 4. The van der Waals surface area contributed by atoms with Crippen molar-refractivity contribution in [3.05, 3.63) is 29.8 Å². The van der Waals surface area contributed by atoms with Gasteiger partial charge in [0.25, 0.3) is 0 Å². The molecule has 2 rings (SSSR count). The van der Waals surface area contributed by atoms with Gasteiger partial charge in [0.2, 0.25) is 0 Å². The lowest BCUT2D eigenvalue weighted by Crippen LogP contribution is -2.45. The molecule has 98 valence electrons. The van der Waals surface area contributed by atoms with Gasteiger partial charge in [0.15, 0.2) is 0 Å². The van der Waals surface area contributed by atoms with Gasteiger partial charge in [-0.15, -0.1) is 0 Å². The number of carbonyl (C=O) groups is 1. The zero-order valence-electron chi connectivity index (χ0n) is 10.9. The maximum Gasteiger partial charge on any atom is 0.406 e. The number of carbonyl (C=O) groups excluding carboxylic acids is 1. The SMILES string of the molecule is COC(=O)NCC1(c2ccccc2OC)CCC1. The highest BCUT2D eigenvalue weighted by Gasteiger charge is 2.40. The van der Waals surface area contributed by atoms with Crippen molar-refractivity contribution in [3.8, 4) is 5.75 Å². The van der Waals surface area contributed by atoms with Crippen LogP contribution in [-0.4, -0.2) is 26.9 Å². The van der Waals surface area contributed by atoms with Gasteiger partial charge in [0, 0.05) is 17.5 Å². The number of ether oxygens (including phenoxy) is 2. The van der Waals surface area contributed by atoms with E-state index >= 15 is 0 Å². The van der Waals surface area contributed by atoms with Gasteiger partial charge >= 0.3 is 6.09 Å². The smallest absolute Gasteiger partial charge is 0.406 e. The second-order valence-electron chi connectivity index (χ2n) is 4.68. The number of hydrogen-bond donors (Lipinski definition) is 1. The van der Waals surface area contributed by atoms with Crippen LogP contribution < -0.4 is 10.1 Å². The van der Waals surface area contributed by atoms with E-state index in [1.54, 1.807) is 7.11 Å². The maximum absolute atomic E-state index is 11.2. The Morgan fingerprint density at radius 2 is 2.06 bits per heavy atom. The van der Waals surface area contributed by atoms with Crippen molar-refractivity contribution in [2.45, 2.75) is 24.7 Å². The van der Waals surface area contributed by atoms with Crippen LogP contribution in [0.15, 0.2) is 24.3 Å². The molecule has 1 saturated carbocycles. The molecular formula is C14H19NO3. The molecule has 0 aromatic heterocycles. The predicted molar refractivity (Wildman–Crippen MR) is 68.9 cm³/mol. The van der Waals surface area contributed by atoms with Crippen molar-refractivity contribution >= 4 is 6.09 Å². The largest absolute Gasteiger partial charge is 0.496 e. The van der Waals surface area contributed by atoms with Gasteiger partial charge in [0.05, 0.1) is 14.2 Å². The first-order chi connectivity index (χ1) is 8.72. The van der Waals surface area contributed by atoms with Crippen LogP contribution in [0.4, 0.5) is 4.79 Å². The minimum Gasteiger partial charge on any atom is -0.496 e. The summed E-state index contributed by atoms with van der Waals surface area (Å²) in [6, 6.07) is 8.02. The fourth-order valence-electron chi connectivity index (χ4n) is 2.54. The summed E-state index contributed by atoms with van der Waals surface area (Å²) < 4.78 is 10.0. The van der Waals surface area contributed by atoms with Gasteiger partial charge in [-0.05, 0) is 18.9 Å². The van der Waals surface area contributed by atoms with E-state index < -0.39 is 0 Å². The highest BCUT2D eigenvalue weighted by molar-refractivity contribution is 5.67. The van der Waals surface area contributed by atoms with E-state index in [0.29, 0.717) is 6.54 Å². The normalized spacial score (nSPS) is 16.6. The van der Waals surface area contributed by atoms with Crippen LogP contribution in [0.5, 0.6) is 5.75 Å². The lowest BCUT2D eigenvalue weighted by Gasteiger charge is -2.43. The fraction of sp³-hybridized carbons (Fsp3) is 0.500. The number of para-hydroxylation sites is 1.